The van der Waals surface area contributed by atoms with Crippen LogP contribution in [-0.4, -0.2) is 63.7 Å². The van der Waals surface area contributed by atoms with E-state index in [1.807, 2.05) is 0 Å². The van der Waals surface area contributed by atoms with Crippen LogP contribution in [-0.2, 0) is 9.47 Å². The molecule has 0 saturated carbocycles. The van der Waals surface area contributed by atoms with E-state index in [-0.39, 0.29) is 10.6 Å². The van der Waals surface area contributed by atoms with Crippen LogP contribution in [0, 0.1) is 0 Å². The molecule has 0 radical (unpaired) electrons. The molecular formula is C19H18Cl2O8. The first-order chi connectivity index (χ1) is 13.8. The van der Waals surface area contributed by atoms with Crippen molar-refractivity contribution in [2.24, 2.45) is 0 Å². The van der Waals surface area contributed by atoms with Gasteiger partial charge in [-0.2, -0.15) is 0 Å². The Morgan fingerprint density at radius 3 is 2.24 bits per heavy atom. The molecule has 1 saturated heterocycles. The van der Waals surface area contributed by atoms with Crippen LogP contribution in [0.15, 0.2) is 42.5 Å². The van der Waals surface area contributed by atoms with Crippen LogP contribution in [0.5, 0.6) is 11.5 Å². The number of rotatable bonds is 5. The van der Waals surface area contributed by atoms with Gasteiger partial charge in [0.15, 0.2) is 0 Å². The van der Waals surface area contributed by atoms with Crippen LogP contribution in [0.2, 0.25) is 10.0 Å². The normalized spacial score (nSPS) is 26.8. The fraction of sp³-hybridized carbons (Fsp3) is 0.316. The zero-order valence-electron chi connectivity index (χ0n) is 14.8. The van der Waals surface area contributed by atoms with Crippen LogP contribution in [0.4, 0.5) is 0 Å². The number of hydrogen-bond acceptors (Lipinski definition) is 8. The van der Waals surface area contributed by atoms with Crippen molar-refractivity contribution in [3.63, 3.8) is 0 Å². The zero-order valence-corrected chi connectivity index (χ0v) is 16.3. The second-order valence-electron chi connectivity index (χ2n) is 6.30. The average molecular weight is 445 g/mol. The fourth-order valence-electron chi connectivity index (χ4n) is 2.70. The summed E-state index contributed by atoms with van der Waals surface area (Å²) in [7, 11) is 0. The quantitative estimate of drug-likeness (QED) is 0.513. The molecule has 0 aromatic heterocycles. The molecule has 5 atom stereocenters. The number of hydrogen-bond donors (Lipinski definition) is 4. The molecule has 1 aliphatic heterocycles. The van der Waals surface area contributed by atoms with Crippen LogP contribution in [0.3, 0.4) is 0 Å². The maximum Gasteiger partial charge on any atom is 0.342 e. The van der Waals surface area contributed by atoms with E-state index in [0.717, 1.165) is 0 Å². The maximum absolute atomic E-state index is 12.4. The highest BCUT2D eigenvalue weighted by molar-refractivity contribution is 6.33. The SMILES string of the molecule is O=C(O[C@@H]1O[C@H](CO)[C@@H](O)[C@H](O)[C@H]1O)c1ccc(Oc2ccc(Cl)cc2)cc1Cl. The summed E-state index contributed by atoms with van der Waals surface area (Å²) in [6.07, 6.45) is -7.72. The van der Waals surface area contributed by atoms with Crippen molar-refractivity contribution >= 4 is 29.2 Å². The molecule has 1 aliphatic rings. The summed E-state index contributed by atoms with van der Waals surface area (Å²) in [5.74, 6) is -0.0544. The summed E-state index contributed by atoms with van der Waals surface area (Å²) in [6.45, 7) is -0.642. The highest BCUT2D eigenvalue weighted by Gasteiger charge is 2.45. The standard InChI is InChI=1S/C19H18Cl2O8/c20-9-1-3-10(4-2-9)27-11-5-6-12(13(21)7-11)18(26)29-19-17(25)16(24)15(23)14(8-22)28-19/h1-7,14-17,19,22-25H,8H2/t14-,15-,16+,17-,19+/m1/s1. The van der Waals surface area contributed by atoms with Crippen molar-refractivity contribution < 1.29 is 39.4 Å². The largest absolute Gasteiger partial charge is 0.457 e. The van der Waals surface area contributed by atoms with Gasteiger partial charge in [0.25, 0.3) is 0 Å². The molecule has 3 rings (SSSR count). The Bertz CT molecular complexity index is 858. The Morgan fingerprint density at radius 2 is 1.62 bits per heavy atom. The van der Waals surface area contributed by atoms with E-state index >= 15 is 0 Å². The number of halogens is 2. The third-order valence-electron chi connectivity index (χ3n) is 4.28. The van der Waals surface area contributed by atoms with E-state index in [0.29, 0.717) is 16.5 Å². The number of esters is 1. The Kier molecular flexibility index (Phi) is 6.97. The van der Waals surface area contributed by atoms with E-state index in [1.165, 1.54) is 18.2 Å². The number of ether oxygens (including phenoxy) is 3. The second-order valence-corrected chi connectivity index (χ2v) is 7.14. The molecule has 0 spiro atoms. The molecule has 4 N–H and O–H groups in total. The van der Waals surface area contributed by atoms with Gasteiger partial charge in [-0.1, -0.05) is 23.2 Å². The van der Waals surface area contributed by atoms with Gasteiger partial charge in [0.05, 0.1) is 17.2 Å². The van der Waals surface area contributed by atoms with Gasteiger partial charge < -0.3 is 34.6 Å². The summed E-state index contributed by atoms with van der Waals surface area (Å²) < 4.78 is 15.8. The smallest absolute Gasteiger partial charge is 0.342 e. The second kappa shape index (κ2) is 9.27. The summed E-state index contributed by atoms with van der Waals surface area (Å²) in [6, 6.07) is 10.9. The third kappa shape index (κ3) is 4.99. The van der Waals surface area contributed by atoms with Gasteiger partial charge in [-0.15, -0.1) is 0 Å². The van der Waals surface area contributed by atoms with E-state index in [4.69, 9.17) is 37.4 Å². The number of benzene rings is 2. The molecule has 0 unspecified atom stereocenters. The molecule has 29 heavy (non-hydrogen) atoms. The molecule has 1 heterocycles. The number of carbonyl (C=O) groups is 1. The molecule has 0 amide bonds. The van der Waals surface area contributed by atoms with Crippen molar-refractivity contribution in [3.05, 3.63) is 58.1 Å². The lowest BCUT2D eigenvalue weighted by Gasteiger charge is -2.39. The molecule has 8 nitrogen and oxygen atoms in total. The number of aliphatic hydroxyl groups excluding tert-OH is 4. The predicted molar refractivity (Wildman–Crippen MR) is 102 cm³/mol. The van der Waals surface area contributed by atoms with E-state index in [2.05, 4.69) is 0 Å². The minimum Gasteiger partial charge on any atom is -0.457 e. The van der Waals surface area contributed by atoms with Crippen LogP contribution < -0.4 is 4.74 Å². The molecular weight excluding hydrogens is 427 g/mol. The lowest BCUT2D eigenvalue weighted by Crippen LogP contribution is -2.59. The van der Waals surface area contributed by atoms with E-state index in [1.54, 1.807) is 24.3 Å². The van der Waals surface area contributed by atoms with Gasteiger partial charge in [-0.05, 0) is 36.4 Å². The first-order valence-electron chi connectivity index (χ1n) is 8.54. The summed E-state index contributed by atoms with van der Waals surface area (Å²) in [5, 5.41) is 39.2. The summed E-state index contributed by atoms with van der Waals surface area (Å²) in [4.78, 5) is 12.4. The fourth-order valence-corrected chi connectivity index (χ4v) is 3.07. The van der Waals surface area contributed by atoms with Gasteiger partial charge >= 0.3 is 5.97 Å². The van der Waals surface area contributed by atoms with Gasteiger partial charge in [-0.25, -0.2) is 4.79 Å². The monoisotopic (exact) mass is 444 g/mol. The van der Waals surface area contributed by atoms with E-state index in [9.17, 15) is 25.2 Å². The molecule has 156 valence electrons. The predicted octanol–water partition coefficient (Wildman–Crippen LogP) is 1.74. The van der Waals surface area contributed by atoms with Gasteiger partial charge in [0.1, 0.15) is 35.9 Å². The first kappa shape index (κ1) is 21.8. The van der Waals surface area contributed by atoms with Crippen LogP contribution in [0.25, 0.3) is 0 Å². The molecule has 10 heteroatoms. The molecule has 2 aromatic carbocycles. The number of aliphatic hydroxyl groups is 4. The van der Waals surface area contributed by atoms with E-state index < -0.39 is 43.3 Å². The molecule has 0 bridgehead atoms. The van der Waals surface area contributed by atoms with Gasteiger partial charge in [0, 0.05) is 11.1 Å². The van der Waals surface area contributed by atoms with Crippen molar-refractivity contribution in [1.82, 2.24) is 0 Å². The Hall–Kier alpha value is -1.91. The van der Waals surface area contributed by atoms with Crippen molar-refractivity contribution in [1.29, 1.82) is 0 Å². The molecule has 0 aliphatic carbocycles. The highest BCUT2D eigenvalue weighted by atomic mass is 35.5. The molecule has 1 fully saturated rings. The zero-order chi connectivity index (χ0) is 21.1. The topological polar surface area (TPSA) is 126 Å². The Morgan fingerprint density at radius 1 is 0.966 bits per heavy atom. The first-order valence-corrected chi connectivity index (χ1v) is 9.30. The Labute approximate surface area is 175 Å². The van der Waals surface area contributed by atoms with Crippen molar-refractivity contribution in [2.75, 3.05) is 6.61 Å². The lowest BCUT2D eigenvalue weighted by molar-refractivity contribution is -0.285. The lowest BCUT2D eigenvalue weighted by atomic mass is 9.99. The highest BCUT2D eigenvalue weighted by Crippen LogP contribution is 2.29. The minimum absolute atomic E-state index is 0.0195. The van der Waals surface area contributed by atoms with Crippen LogP contribution in [0.1, 0.15) is 10.4 Å². The van der Waals surface area contributed by atoms with Crippen LogP contribution >= 0.6 is 23.2 Å². The number of carbonyl (C=O) groups excluding carboxylic acids is 1. The average Bonchev–Trinajstić information content (AvgIpc) is 2.70. The van der Waals surface area contributed by atoms with Crippen molar-refractivity contribution in [2.45, 2.75) is 30.7 Å². The third-order valence-corrected chi connectivity index (χ3v) is 4.85. The summed E-state index contributed by atoms with van der Waals surface area (Å²) >= 11 is 12.0. The van der Waals surface area contributed by atoms with Crippen molar-refractivity contribution in [3.8, 4) is 11.5 Å². The van der Waals surface area contributed by atoms with Gasteiger partial charge in [0.2, 0.25) is 6.29 Å². The minimum atomic E-state index is -1.71. The summed E-state index contributed by atoms with van der Waals surface area (Å²) in [5.41, 5.74) is -0.0351. The Balaban J connectivity index is 1.70. The van der Waals surface area contributed by atoms with Gasteiger partial charge in [-0.3, -0.25) is 0 Å². The molecule has 2 aromatic rings. The maximum atomic E-state index is 12.4.